The van der Waals surface area contributed by atoms with Crippen LogP contribution in [-0.2, 0) is 32.9 Å². The first kappa shape index (κ1) is 17.9. The molecule has 0 unspecified atom stereocenters. The number of carbonyl (C=O) groups excluding carboxylic acids is 1. The molecule has 0 aliphatic heterocycles. The van der Waals surface area contributed by atoms with Crippen LogP contribution in [0.4, 0.5) is 0 Å². The average Bonchev–Trinajstić information content (AvgIpc) is 2.28. The number of carbonyl (C=O) groups is 1. The molecule has 100 valence electrons. The van der Waals surface area contributed by atoms with Crippen LogP contribution in [0, 0.1) is 0 Å². The predicted octanol–water partition coefficient (Wildman–Crippen LogP) is 5.18. The Morgan fingerprint density at radius 2 is 1.95 bits per heavy atom. The molecule has 8 heteroatoms. The van der Waals surface area contributed by atoms with E-state index in [-0.39, 0.29) is 0 Å². The number of hydrogen-bond acceptors (Lipinski definition) is 2. The molecule has 0 aromatic heterocycles. The van der Waals surface area contributed by atoms with Crippen LogP contribution in [0.25, 0.3) is 3.08 Å². The number of ether oxygens (including phenoxy) is 1. The van der Waals surface area contributed by atoms with Gasteiger partial charge in [-0.15, -0.1) is 0 Å². The summed E-state index contributed by atoms with van der Waals surface area (Å²) in [4.78, 5) is 11.5. The van der Waals surface area contributed by atoms with Crippen molar-refractivity contribution in [2.45, 2.75) is 10.7 Å². The van der Waals surface area contributed by atoms with Crippen molar-refractivity contribution in [2.75, 3.05) is 0 Å². The summed E-state index contributed by atoms with van der Waals surface area (Å²) in [5.41, 5.74) is 0.832. The summed E-state index contributed by atoms with van der Waals surface area (Å²) < 4.78 is 3.74. The van der Waals surface area contributed by atoms with Gasteiger partial charge in [0.2, 0.25) is 0 Å². The van der Waals surface area contributed by atoms with E-state index in [0.29, 0.717) is 10.8 Å². The number of hydrogen-bond donors (Lipinski definition) is 0. The zero-order chi connectivity index (χ0) is 14.6. The maximum atomic E-state index is 11.5. The Labute approximate surface area is 146 Å². The van der Waals surface area contributed by atoms with Gasteiger partial charge in [0.05, 0.1) is 0 Å². The Bertz CT molecular complexity index is 510. The van der Waals surface area contributed by atoms with E-state index in [2.05, 4.69) is 0 Å². The van der Waals surface area contributed by atoms with E-state index in [1.54, 1.807) is 25.1 Å². The molecule has 2 nitrogen and oxygen atoms in total. The molecule has 0 atom stereocenters. The Balaban J connectivity index is 3.07. The summed E-state index contributed by atoms with van der Waals surface area (Å²) in [5.74, 6) is -0.594. The van der Waals surface area contributed by atoms with Crippen molar-refractivity contribution in [3.8, 4) is 0 Å². The third-order valence-corrected chi connectivity index (χ3v) is 9.81. The van der Waals surface area contributed by atoms with Gasteiger partial charge >= 0.3 is 148 Å². The summed E-state index contributed by atoms with van der Waals surface area (Å²) >= 11 is 20.4. The Kier molecular flexibility index (Phi) is 7.26. The fourth-order valence-corrected chi connectivity index (χ4v) is 7.09. The molecule has 0 fully saturated rings. The molecule has 19 heavy (non-hydrogen) atoms. The van der Waals surface area contributed by atoms with Crippen molar-refractivity contribution in [3.63, 3.8) is 0 Å². The van der Waals surface area contributed by atoms with Crippen molar-refractivity contribution >= 4 is 63.7 Å². The van der Waals surface area contributed by atoms with Crippen LogP contribution >= 0.6 is 54.7 Å². The monoisotopic (exact) mass is 548 g/mol. The Morgan fingerprint density at radius 1 is 1.32 bits per heavy atom. The van der Waals surface area contributed by atoms with E-state index in [1.807, 2.05) is 6.07 Å². The summed E-state index contributed by atoms with van der Waals surface area (Å²) in [7, 11) is 6.08. The number of alkyl halides is 3. The molecule has 0 radical (unpaired) electrons. The van der Waals surface area contributed by atoms with Crippen LogP contribution in [0.1, 0.15) is 12.5 Å². The van der Waals surface area contributed by atoms with Gasteiger partial charge in [0.15, 0.2) is 0 Å². The quantitative estimate of drug-likeness (QED) is 0.225. The van der Waals surface area contributed by atoms with E-state index in [1.165, 1.54) is 0 Å². The average molecular weight is 549 g/mol. The van der Waals surface area contributed by atoms with Gasteiger partial charge in [0.1, 0.15) is 0 Å². The normalized spacial score (nSPS) is 12.5. The molecule has 0 aliphatic carbocycles. The number of halogens is 5. The molecule has 1 aromatic rings. The van der Waals surface area contributed by atoms with Gasteiger partial charge < -0.3 is 0 Å². The summed E-state index contributed by atoms with van der Waals surface area (Å²) in [5, 5.41) is 0.578. The van der Waals surface area contributed by atoms with Crippen LogP contribution in [0.15, 0.2) is 30.0 Å². The third-order valence-electron chi connectivity index (χ3n) is 2.21. The molecule has 1 rings (SSSR count). The van der Waals surface area contributed by atoms with Gasteiger partial charge in [-0.05, 0) is 0 Å². The summed E-state index contributed by atoms with van der Waals surface area (Å²) in [6.45, 7) is 1.62. The van der Waals surface area contributed by atoms with Gasteiger partial charge in [-0.25, -0.2) is 0 Å². The van der Waals surface area contributed by atoms with Crippen molar-refractivity contribution in [1.29, 1.82) is 0 Å². The van der Waals surface area contributed by atoms with Crippen LogP contribution < -0.4 is 0 Å². The second-order valence-corrected chi connectivity index (χ2v) is 12.4. The zero-order valence-electron chi connectivity index (χ0n) is 9.72. The first-order chi connectivity index (χ1) is 8.75. The molecule has 0 saturated carbocycles. The molecule has 0 N–H and O–H groups in total. The second kappa shape index (κ2) is 7.72. The fourth-order valence-electron chi connectivity index (χ4n) is 1.31. The fraction of sp³-hybridized carbons (Fsp3) is 0.182. The molecule has 0 aliphatic rings. The van der Waals surface area contributed by atoms with E-state index >= 15 is 0 Å². The first-order valence-corrected chi connectivity index (χ1v) is 16.1. The molecule has 0 saturated heterocycles. The van der Waals surface area contributed by atoms with E-state index in [9.17, 15) is 4.79 Å². The second-order valence-electron chi connectivity index (χ2n) is 3.57. The molecule has 0 bridgehead atoms. The van der Waals surface area contributed by atoms with Crippen molar-refractivity contribution in [1.82, 2.24) is 0 Å². The molecule has 1 aromatic carbocycles. The Hall–Kier alpha value is 0.815. The topological polar surface area (TPSA) is 26.3 Å². The molecule has 0 heterocycles. The standard InChI is InChI=1S/C11H7Cl4O2.ClH.Hg/c1-7(17-10(16)11(13,14)15)5-8-3-2-4-9(12)6-8;;/h2-4,6H,1H3;1H;/q;;+1/p-1. The van der Waals surface area contributed by atoms with Crippen molar-refractivity contribution in [3.05, 3.63) is 40.6 Å². The zero-order valence-corrected chi connectivity index (χ0v) is 19.0. The molecule has 0 spiro atoms. The van der Waals surface area contributed by atoms with E-state index in [4.69, 9.17) is 59.4 Å². The minimum absolute atomic E-state index is 0.357. The summed E-state index contributed by atoms with van der Waals surface area (Å²) in [6, 6.07) is 7.14. The van der Waals surface area contributed by atoms with Gasteiger partial charge in [0, 0.05) is 0 Å². The van der Waals surface area contributed by atoms with Gasteiger partial charge in [-0.3, -0.25) is 0 Å². The number of esters is 1. The number of allylic oxidation sites excluding steroid dienone is 1. The SMILES string of the molecule is C/C(OC(=O)C(Cl)(Cl)Cl)=[C](\[Hg][Cl])c1cccc(Cl)c1. The number of rotatable bonds is 3. The van der Waals surface area contributed by atoms with Gasteiger partial charge in [0.25, 0.3) is 0 Å². The third kappa shape index (κ3) is 5.60. The predicted molar refractivity (Wildman–Crippen MR) is 76.3 cm³/mol. The van der Waals surface area contributed by atoms with E-state index in [0.717, 1.165) is 8.65 Å². The van der Waals surface area contributed by atoms with E-state index < -0.39 is 33.1 Å². The van der Waals surface area contributed by atoms with Crippen LogP contribution in [0.5, 0.6) is 0 Å². The molecule has 0 amide bonds. The van der Waals surface area contributed by atoms with Crippen LogP contribution in [0.3, 0.4) is 0 Å². The maximum absolute atomic E-state index is 11.5. The molecular formula is C11H7Cl5HgO2. The van der Waals surface area contributed by atoms with Crippen LogP contribution in [0.2, 0.25) is 5.02 Å². The van der Waals surface area contributed by atoms with Crippen molar-refractivity contribution < 1.29 is 32.9 Å². The molecular weight excluding hydrogens is 542 g/mol. The first-order valence-electron chi connectivity index (χ1n) is 5.06. The van der Waals surface area contributed by atoms with Gasteiger partial charge in [-0.1, -0.05) is 0 Å². The van der Waals surface area contributed by atoms with Crippen molar-refractivity contribution in [2.24, 2.45) is 0 Å². The number of benzene rings is 1. The minimum atomic E-state index is -2.11. The van der Waals surface area contributed by atoms with Gasteiger partial charge in [-0.2, -0.15) is 0 Å². The van der Waals surface area contributed by atoms with Crippen LogP contribution in [-0.4, -0.2) is 9.76 Å². The summed E-state index contributed by atoms with van der Waals surface area (Å²) in [6.07, 6.45) is 0. The Morgan fingerprint density at radius 3 is 2.42 bits per heavy atom.